The van der Waals surface area contributed by atoms with Crippen LogP contribution in [0, 0.1) is 12.3 Å². The molecule has 0 aliphatic rings. The van der Waals surface area contributed by atoms with Gasteiger partial charge in [-0.3, -0.25) is 14.4 Å². The normalized spacial score (nSPS) is 11.1. The van der Waals surface area contributed by atoms with Crippen LogP contribution in [0.2, 0.25) is 0 Å². The van der Waals surface area contributed by atoms with Gasteiger partial charge in [0, 0.05) is 24.1 Å². The number of amides is 2. The Bertz CT molecular complexity index is 1150. The molecule has 0 fully saturated rings. The van der Waals surface area contributed by atoms with Crippen LogP contribution >= 0.6 is 0 Å². The number of nitrogens with one attached hydrogen (secondary N) is 2. The molecule has 33 heavy (non-hydrogen) atoms. The average Bonchev–Trinajstić information content (AvgIpc) is 2.85. The van der Waals surface area contributed by atoms with Crippen molar-refractivity contribution in [3.8, 4) is 23.5 Å². The van der Waals surface area contributed by atoms with Crippen molar-refractivity contribution in [2.45, 2.75) is 25.4 Å². The number of carboxylic acid groups (broad SMARTS) is 1. The molecule has 166 valence electrons. The van der Waals surface area contributed by atoms with E-state index in [4.69, 9.17) is 11.5 Å². The highest BCUT2D eigenvalue weighted by atomic mass is 16.4. The van der Waals surface area contributed by atoms with E-state index in [1.807, 2.05) is 66.7 Å². The maximum absolute atomic E-state index is 12.7. The van der Waals surface area contributed by atoms with Crippen LogP contribution in [0.1, 0.15) is 34.3 Å². The molecular formula is C27H24N2O4. The third kappa shape index (κ3) is 6.81. The van der Waals surface area contributed by atoms with Crippen LogP contribution in [0.3, 0.4) is 0 Å². The van der Waals surface area contributed by atoms with E-state index in [1.165, 1.54) is 0 Å². The van der Waals surface area contributed by atoms with E-state index in [0.717, 1.165) is 22.3 Å². The fraction of sp³-hybridized carbons (Fsp3) is 0.148. The Hall–Kier alpha value is -4.37. The van der Waals surface area contributed by atoms with Crippen LogP contribution in [0.5, 0.6) is 0 Å². The van der Waals surface area contributed by atoms with Gasteiger partial charge in [-0.25, -0.2) is 0 Å². The Kier molecular flexibility index (Phi) is 7.98. The number of hydrogen-bond donors (Lipinski definition) is 3. The molecule has 0 aliphatic heterocycles. The zero-order valence-corrected chi connectivity index (χ0v) is 18.0. The summed E-state index contributed by atoms with van der Waals surface area (Å²) in [5.74, 6) is 0.652. The molecule has 0 saturated heterocycles. The van der Waals surface area contributed by atoms with E-state index in [9.17, 15) is 14.4 Å². The minimum atomic E-state index is -1.04. The predicted molar refractivity (Wildman–Crippen MR) is 126 cm³/mol. The van der Waals surface area contributed by atoms with Crippen LogP contribution in [-0.4, -0.2) is 28.9 Å². The summed E-state index contributed by atoms with van der Waals surface area (Å²) >= 11 is 0. The number of carbonyl (C=O) groups is 3. The van der Waals surface area contributed by atoms with Crippen molar-refractivity contribution >= 4 is 17.8 Å². The summed E-state index contributed by atoms with van der Waals surface area (Å²) in [4.78, 5) is 36.4. The number of rotatable bonds is 9. The summed E-state index contributed by atoms with van der Waals surface area (Å²) in [5.41, 5.74) is 3.93. The molecule has 0 saturated carbocycles. The van der Waals surface area contributed by atoms with Crippen molar-refractivity contribution in [3.05, 3.63) is 95.6 Å². The van der Waals surface area contributed by atoms with Crippen molar-refractivity contribution in [3.63, 3.8) is 0 Å². The maximum atomic E-state index is 12.7. The molecule has 3 aromatic rings. The highest BCUT2D eigenvalue weighted by molar-refractivity contribution is 5.98. The highest BCUT2D eigenvalue weighted by Crippen LogP contribution is 2.20. The lowest BCUT2D eigenvalue weighted by Gasteiger charge is -2.18. The Morgan fingerprint density at radius 2 is 1.48 bits per heavy atom. The first-order valence-corrected chi connectivity index (χ1v) is 10.5. The molecule has 3 aromatic carbocycles. The maximum Gasteiger partial charge on any atom is 0.303 e. The summed E-state index contributed by atoms with van der Waals surface area (Å²) in [5, 5.41) is 14.4. The van der Waals surface area contributed by atoms with Crippen LogP contribution in [-0.2, 0) is 16.1 Å². The summed E-state index contributed by atoms with van der Waals surface area (Å²) in [6, 6.07) is 22.8. The largest absolute Gasteiger partial charge is 0.481 e. The monoisotopic (exact) mass is 440 g/mol. The summed E-state index contributed by atoms with van der Waals surface area (Å²) in [7, 11) is 0. The number of benzene rings is 3. The molecule has 0 bridgehead atoms. The van der Waals surface area contributed by atoms with E-state index in [1.54, 1.807) is 12.1 Å². The SMILES string of the molecule is C#Cc1ccc(-c2ccc(C(=O)N[C@@H](CCC(=O)O)C(=O)NCc3ccccc3)cc2)cc1. The van der Waals surface area contributed by atoms with Gasteiger partial charge >= 0.3 is 5.97 Å². The first-order valence-electron chi connectivity index (χ1n) is 10.5. The second kappa shape index (κ2) is 11.3. The van der Waals surface area contributed by atoms with Crippen molar-refractivity contribution in [1.29, 1.82) is 0 Å². The first-order chi connectivity index (χ1) is 16.0. The number of aliphatic carboxylic acids is 1. The lowest BCUT2D eigenvalue weighted by atomic mass is 10.0. The fourth-order valence-corrected chi connectivity index (χ4v) is 3.26. The Morgan fingerprint density at radius 3 is 2.06 bits per heavy atom. The molecular weight excluding hydrogens is 416 g/mol. The zero-order valence-electron chi connectivity index (χ0n) is 18.0. The number of carboxylic acids is 1. The summed E-state index contributed by atoms with van der Waals surface area (Å²) < 4.78 is 0. The molecule has 3 N–H and O–H groups in total. The van der Waals surface area contributed by atoms with Gasteiger partial charge in [0.2, 0.25) is 5.91 Å². The number of terminal acetylenes is 1. The molecule has 1 atom stereocenters. The van der Waals surface area contributed by atoms with Gasteiger partial charge in [-0.05, 0) is 47.4 Å². The van der Waals surface area contributed by atoms with Crippen LogP contribution in [0.25, 0.3) is 11.1 Å². The highest BCUT2D eigenvalue weighted by Gasteiger charge is 2.22. The quantitative estimate of drug-likeness (QED) is 0.443. The van der Waals surface area contributed by atoms with Gasteiger partial charge in [0.05, 0.1) is 0 Å². The molecule has 0 spiro atoms. The summed E-state index contributed by atoms with van der Waals surface area (Å²) in [6.45, 7) is 0.284. The molecule has 6 heteroatoms. The molecule has 2 amide bonds. The zero-order chi connectivity index (χ0) is 23.6. The van der Waals surface area contributed by atoms with E-state index in [0.29, 0.717) is 5.56 Å². The van der Waals surface area contributed by atoms with Crippen molar-refractivity contribution in [1.82, 2.24) is 10.6 Å². The van der Waals surface area contributed by atoms with Crippen LogP contribution < -0.4 is 10.6 Å². The molecule has 0 unspecified atom stereocenters. The van der Waals surface area contributed by atoms with Gasteiger partial charge in [0.25, 0.3) is 5.91 Å². The van der Waals surface area contributed by atoms with E-state index in [-0.39, 0.29) is 19.4 Å². The van der Waals surface area contributed by atoms with Crippen molar-refractivity contribution < 1.29 is 19.5 Å². The third-order valence-electron chi connectivity index (χ3n) is 5.11. The van der Waals surface area contributed by atoms with E-state index >= 15 is 0 Å². The van der Waals surface area contributed by atoms with Crippen molar-refractivity contribution in [2.24, 2.45) is 0 Å². The molecule has 6 nitrogen and oxygen atoms in total. The molecule has 0 radical (unpaired) electrons. The molecule has 0 aromatic heterocycles. The molecule has 0 heterocycles. The standard InChI is InChI=1S/C27H24N2O4/c1-2-19-8-10-21(11-9-19)22-12-14-23(15-13-22)26(32)29-24(16-17-25(30)31)27(33)28-18-20-6-4-3-5-7-20/h1,3-15,24H,16-18H2,(H,28,33)(H,29,32)(H,30,31)/t24-/m0/s1. The van der Waals surface area contributed by atoms with Crippen LogP contribution in [0.4, 0.5) is 0 Å². The Labute approximate surface area is 192 Å². The van der Waals surface area contributed by atoms with E-state index in [2.05, 4.69) is 16.6 Å². The van der Waals surface area contributed by atoms with Gasteiger partial charge in [-0.1, -0.05) is 60.5 Å². The number of carbonyl (C=O) groups excluding carboxylic acids is 2. The Balaban J connectivity index is 1.66. The molecule has 3 rings (SSSR count). The van der Waals surface area contributed by atoms with Gasteiger partial charge < -0.3 is 15.7 Å². The third-order valence-corrected chi connectivity index (χ3v) is 5.11. The van der Waals surface area contributed by atoms with Crippen molar-refractivity contribution in [2.75, 3.05) is 0 Å². The van der Waals surface area contributed by atoms with Gasteiger partial charge in [-0.2, -0.15) is 0 Å². The minimum Gasteiger partial charge on any atom is -0.481 e. The fourth-order valence-electron chi connectivity index (χ4n) is 3.26. The predicted octanol–water partition coefficient (Wildman–Crippen LogP) is 3.61. The minimum absolute atomic E-state index is 0.0126. The van der Waals surface area contributed by atoms with Crippen LogP contribution in [0.15, 0.2) is 78.9 Å². The average molecular weight is 440 g/mol. The second-order valence-corrected chi connectivity index (χ2v) is 7.46. The number of hydrogen-bond acceptors (Lipinski definition) is 3. The second-order valence-electron chi connectivity index (χ2n) is 7.46. The topological polar surface area (TPSA) is 95.5 Å². The van der Waals surface area contributed by atoms with Gasteiger partial charge in [0.1, 0.15) is 6.04 Å². The lowest BCUT2D eigenvalue weighted by molar-refractivity contribution is -0.137. The lowest BCUT2D eigenvalue weighted by Crippen LogP contribution is -2.46. The van der Waals surface area contributed by atoms with Gasteiger partial charge in [0.15, 0.2) is 0 Å². The van der Waals surface area contributed by atoms with Gasteiger partial charge in [-0.15, -0.1) is 6.42 Å². The molecule has 0 aliphatic carbocycles. The summed E-state index contributed by atoms with van der Waals surface area (Å²) in [6.07, 6.45) is 5.13. The first kappa shape index (κ1) is 23.3. The smallest absolute Gasteiger partial charge is 0.303 e. The Morgan fingerprint density at radius 1 is 0.879 bits per heavy atom. The van der Waals surface area contributed by atoms with E-state index < -0.39 is 23.8 Å².